The first-order valence-electron chi connectivity index (χ1n) is 9.77. The summed E-state index contributed by atoms with van der Waals surface area (Å²) in [5.41, 5.74) is -0.0563. The minimum absolute atomic E-state index is 0.0563. The molecule has 2 atom stereocenters. The minimum Gasteiger partial charge on any atom is -0.391 e. The van der Waals surface area contributed by atoms with Gasteiger partial charge in [0, 0.05) is 45.8 Å². The van der Waals surface area contributed by atoms with E-state index in [-0.39, 0.29) is 17.6 Å². The Morgan fingerprint density at radius 1 is 0.792 bits per heavy atom. The zero-order valence-electron chi connectivity index (χ0n) is 16.2. The monoisotopic (exact) mass is 341 g/mol. The molecule has 142 valence electrons. The highest BCUT2D eigenvalue weighted by atomic mass is 16.3. The van der Waals surface area contributed by atoms with Crippen LogP contribution >= 0.6 is 0 Å². The number of aliphatic hydroxyl groups is 2. The number of nitrogens with zero attached hydrogens (tertiary/aromatic N) is 3. The third-order valence-corrected chi connectivity index (χ3v) is 5.71. The molecule has 24 heavy (non-hydrogen) atoms. The first-order valence-corrected chi connectivity index (χ1v) is 9.77. The van der Waals surface area contributed by atoms with E-state index in [0.29, 0.717) is 0 Å². The quantitative estimate of drug-likeness (QED) is 0.758. The zero-order valence-corrected chi connectivity index (χ0v) is 16.2. The molecule has 0 aromatic rings. The van der Waals surface area contributed by atoms with Crippen LogP contribution in [0, 0.1) is 11.3 Å². The Bertz CT molecular complexity index is 356. The summed E-state index contributed by atoms with van der Waals surface area (Å²) in [6, 6.07) is 0. The van der Waals surface area contributed by atoms with E-state index in [0.717, 1.165) is 64.8 Å². The summed E-state index contributed by atoms with van der Waals surface area (Å²) in [7, 11) is 0. The second kappa shape index (κ2) is 8.95. The molecule has 0 unspecified atom stereocenters. The summed E-state index contributed by atoms with van der Waals surface area (Å²) in [5, 5.41) is 20.7. The maximum Gasteiger partial charge on any atom is 0.0793 e. The average molecular weight is 342 g/mol. The van der Waals surface area contributed by atoms with Crippen molar-refractivity contribution >= 4 is 0 Å². The van der Waals surface area contributed by atoms with E-state index < -0.39 is 0 Å². The number of rotatable bonds is 6. The van der Waals surface area contributed by atoms with Gasteiger partial charge in [-0.3, -0.25) is 9.80 Å². The highest BCUT2D eigenvalue weighted by Crippen LogP contribution is 2.20. The Hall–Kier alpha value is -0.200. The largest absolute Gasteiger partial charge is 0.391 e. The van der Waals surface area contributed by atoms with Crippen molar-refractivity contribution in [3.05, 3.63) is 0 Å². The number of hydrogen-bond acceptors (Lipinski definition) is 5. The Morgan fingerprint density at radius 2 is 1.21 bits per heavy atom. The van der Waals surface area contributed by atoms with Gasteiger partial charge in [0.1, 0.15) is 0 Å². The number of hydrogen-bond donors (Lipinski definition) is 2. The van der Waals surface area contributed by atoms with Crippen molar-refractivity contribution in [3.8, 4) is 0 Å². The van der Waals surface area contributed by atoms with E-state index >= 15 is 0 Å². The summed E-state index contributed by atoms with van der Waals surface area (Å²) in [6.07, 6.45) is 2.00. The van der Waals surface area contributed by atoms with Gasteiger partial charge in [-0.2, -0.15) is 0 Å². The van der Waals surface area contributed by atoms with Crippen LogP contribution in [0.3, 0.4) is 0 Å². The van der Waals surface area contributed by atoms with Gasteiger partial charge in [-0.05, 0) is 37.3 Å². The van der Waals surface area contributed by atoms with Crippen molar-refractivity contribution in [1.29, 1.82) is 0 Å². The standard InChI is InChI=1S/C19H39N3O2/c1-16-5-7-20(8-6-16)13-17(23)14-21-9-11-22(12-10-21)15-18(24)19(2,3)4/h16-18,23-24H,5-15H2,1-4H3/t17-,18-/m0/s1. The fourth-order valence-electron chi connectivity index (χ4n) is 3.57. The highest BCUT2D eigenvalue weighted by Gasteiger charge is 2.27. The summed E-state index contributed by atoms with van der Waals surface area (Å²) in [4.78, 5) is 7.14. The molecule has 5 heteroatoms. The van der Waals surface area contributed by atoms with Crippen LogP contribution in [0.25, 0.3) is 0 Å². The molecule has 2 saturated heterocycles. The topological polar surface area (TPSA) is 50.2 Å². The van der Waals surface area contributed by atoms with Crippen LogP contribution in [0.5, 0.6) is 0 Å². The van der Waals surface area contributed by atoms with Crippen LogP contribution in [0.2, 0.25) is 0 Å². The van der Waals surface area contributed by atoms with E-state index in [9.17, 15) is 10.2 Å². The molecule has 0 aliphatic carbocycles. The minimum atomic E-state index is -0.281. The van der Waals surface area contributed by atoms with Crippen molar-refractivity contribution in [2.75, 3.05) is 58.9 Å². The van der Waals surface area contributed by atoms with Gasteiger partial charge in [-0.1, -0.05) is 27.7 Å². The first-order chi connectivity index (χ1) is 11.2. The first kappa shape index (κ1) is 20.1. The van der Waals surface area contributed by atoms with Crippen molar-refractivity contribution in [2.45, 2.75) is 52.7 Å². The Kier molecular flexibility index (Phi) is 7.50. The molecule has 2 fully saturated rings. The predicted octanol–water partition coefficient (Wildman–Crippen LogP) is 1.10. The molecule has 2 heterocycles. The normalized spacial score (nSPS) is 25.8. The van der Waals surface area contributed by atoms with E-state index in [2.05, 4.69) is 42.4 Å². The van der Waals surface area contributed by atoms with Crippen molar-refractivity contribution in [2.24, 2.45) is 11.3 Å². The lowest BCUT2D eigenvalue weighted by atomic mass is 9.89. The zero-order chi connectivity index (χ0) is 17.7. The Labute approximate surface area is 148 Å². The van der Waals surface area contributed by atoms with Gasteiger partial charge in [0.2, 0.25) is 0 Å². The molecule has 0 spiro atoms. The number of likely N-dealkylation sites (tertiary alicyclic amines) is 1. The molecule has 0 amide bonds. The lowest BCUT2D eigenvalue weighted by Crippen LogP contribution is -2.52. The fraction of sp³-hybridized carbons (Fsp3) is 1.00. The van der Waals surface area contributed by atoms with Gasteiger partial charge in [0.15, 0.2) is 0 Å². The third-order valence-electron chi connectivity index (χ3n) is 5.71. The third kappa shape index (κ3) is 6.60. The molecule has 0 saturated carbocycles. The summed E-state index contributed by atoms with van der Waals surface area (Å²) in [6.45, 7) is 17.2. The molecule has 0 bridgehead atoms. The van der Waals surface area contributed by atoms with Gasteiger partial charge < -0.3 is 15.1 Å². The molecule has 2 aliphatic rings. The van der Waals surface area contributed by atoms with Gasteiger partial charge in [0.25, 0.3) is 0 Å². The van der Waals surface area contributed by atoms with Gasteiger partial charge in [-0.25, -0.2) is 0 Å². The molecule has 0 radical (unpaired) electrons. The molecule has 2 aliphatic heterocycles. The second-order valence-electron chi connectivity index (χ2n) is 9.12. The van der Waals surface area contributed by atoms with Crippen LogP contribution in [0.15, 0.2) is 0 Å². The number of β-amino-alcohol motifs (C(OH)–C–C–N with tert-alkyl or cyclic N) is 2. The molecule has 5 nitrogen and oxygen atoms in total. The van der Waals surface area contributed by atoms with Crippen LogP contribution in [-0.4, -0.2) is 96.0 Å². The summed E-state index contributed by atoms with van der Waals surface area (Å²) < 4.78 is 0. The maximum absolute atomic E-state index is 10.4. The fourth-order valence-corrected chi connectivity index (χ4v) is 3.57. The summed E-state index contributed by atoms with van der Waals surface area (Å²) >= 11 is 0. The predicted molar refractivity (Wildman–Crippen MR) is 99.2 cm³/mol. The van der Waals surface area contributed by atoms with Crippen molar-refractivity contribution in [1.82, 2.24) is 14.7 Å². The number of aliphatic hydroxyl groups excluding tert-OH is 2. The Balaban J connectivity index is 1.63. The number of piperazine rings is 1. The number of piperidine rings is 1. The molecule has 0 aromatic heterocycles. The van der Waals surface area contributed by atoms with Crippen molar-refractivity contribution < 1.29 is 10.2 Å². The second-order valence-corrected chi connectivity index (χ2v) is 9.12. The average Bonchev–Trinajstić information content (AvgIpc) is 2.50. The van der Waals surface area contributed by atoms with Crippen LogP contribution in [0.4, 0.5) is 0 Å². The maximum atomic E-state index is 10.4. The van der Waals surface area contributed by atoms with Gasteiger partial charge >= 0.3 is 0 Å². The molecule has 0 aromatic carbocycles. The van der Waals surface area contributed by atoms with Crippen LogP contribution in [0.1, 0.15) is 40.5 Å². The molecular weight excluding hydrogens is 302 g/mol. The van der Waals surface area contributed by atoms with Gasteiger partial charge in [-0.15, -0.1) is 0 Å². The Morgan fingerprint density at radius 3 is 1.67 bits per heavy atom. The lowest BCUT2D eigenvalue weighted by molar-refractivity contribution is 0.00341. The van der Waals surface area contributed by atoms with Crippen LogP contribution in [-0.2, 0) is 0 Å². The van der Waals surface area contributed by atoms with Crippen LogP contribution < -0.4 is 0 Å². The molecule has 2 rings (SSSR count). The SMILES string of the molecule is CC1CCN(C[C@H](O)CN2CCN(C[C@H](O)C(C)(C)C)CC2)CC1. The van der Waals surface area contributed by atoms with E-state index in [4.69, 9.17) is 0 Å². The van der Waals surface area contributed by atoms with E-state index in [1.807, 2.05) is 0 Å². The highest BCUT2D eigenvalue weighted by molar-refractivity contribution is 4.81. The lowest BCUT2D eigenvalue weighted by Gasteiger charge is -2.39. The molecule has 2 N–H and O–H groups in total. The summed E-state index contributed by atoms with van der Waals surface area (Å²) in [5.74, 6) is 0.843. The van der Waals surface area contributed by atoms with E-state index in [1.54, 1.807) is 0 Å². The smallest absolute Gasteiger partial charge is 0.0793 e. The van der Waals surface area contributed by atoms with Gasteiger partial charge in [0.05, 0.1) is 12.2 Å². The molecular formula is C19H39N3O2. The van der Waals surface area contributed by atoms with Crippen molar-refractivity contribution in [3.63, 3.8) is 0 Å². The van der Waals surface area contributed by atoms with E-state index in [1.165, 1.54) is 12.8 Å².